The summed E-state index contributed by atoms with van der Waals surface area (Å²) < 4.78 is 0. The van der Waals surface area contributed by atoms with Crippen molar-refractivity contribution in [2.75, 3.05) is 6.54 Å². The zero-order valence-electron chi connectivity index (χ0n) is 19.0. The first-order chi connectivity index (χ1) is 14.3. The van der Waals surface area contributed by atoms with Crippen LogP contribution in [0.1, 0.15) is 115 Å². The van der Waals surface area contributed by atoms with E-state index in [1.54, 1.807) is 6.08 Å². The molecule has 0 unspecified atom stereocenters. The lowest BCUT2D eigenvalue weighted by Crippen LogP contribution is -2.21. The fourth-order valence-corrected chi connectivity index (χ4v) is 3.68. The van der Waals surface area contributed by atoms with Crippen LogP contribution in [0, 0.1) is 0 Å². The smallest absolute Gasteiger partial charge is 0.243 e. The molecule has 164 valence electrons. The predicted molar refractivity (Wildman–Crippen MR) is 128 cm³/mol. The van der Waals surface area contributed by atoms with Gasteiger partial charge in [-0.05, 0) is 18.1 Å². The summed E-state index contributed by atoms with van der Waals surface area (Å²) in [4.78, 5) is 11.8. The fourth-order valence-electron chi connectivity index (χ4n) is 3.68. The van der Waals surface area contributed by atoms with E-state index in [1.165, 1.54) is 96.3 Å². The highest BCUT2D eigenvalue weighted by molar-refractivity contribution is 5.91. The Morgan fingerprint density at radius 1 is 0.690 bits per heavy atom. The van der Waals surface area contributed by atoms with E-state index in [1.807, 2.05) is 36.4 Å². The minimum atomic E-state index is 0.00909. The van der Waals surface area contributed by atoms with E-state index in [4.69, 9.17) is 0 Å². The minimum absolute atomic E-state index is 0.00909. The Labute approximate surface area is 180 Å². The molecule has 0 saturated heterocycles. The van der Waals surface area contributed by atoms with E-state index in [9.17, 15) is 4.79 Å². The third kappa shape index (κ3) is 17.0. The van der Waals surface area contributed by atoms with Crippen LogP contribution in [-0.2, 0) is 4.79 Å². The van der Waals surface area contributed by atoms with Gasteiger partial charge in [0.15, 0.2) is 0 Å². The molecule has 1 aromatic rings. The number of nitrogens with one attached hydrogen (secondary N) is 1. The molecule has 0 aliphatic heterocycles. The second kappa shape index (κ2) is 19.7. The van der Waals surface area contributed by atoms with Crippen molar-refractivity contribution in [3.05, 3.63) is 42.0 Å². The summed E-state index contributed by atoms with van der Waals surface area (Å²) in [6.45, 7) is 3.07. The van der Waals surface area contributed by atoms with E-state index in [0.717, 1.165) is 18.5 Å². The number of hydrogen-bond donors (Lipinski definition) is 1. The topological polar surface area (TPSA) is 29.1 Å². The van der Waals surface area contributed by atoms with Gasteiger partial charge in [-0.15, -0.1) is 0 Å². The molecule has 0 aromatic heterocycles. The molecule has 0 heterocycles. The normalized spacial score (nSPS) is 11.2. The van der Waals surface area contributed by atoms with Crippen LogP contribution >= 0.6 is 0 Å². The molecule has 2 heteroatoms. The lowest BCUT2D eigenvalue weighted by atomic mass is 10.0. The van der Waals surface area contributed by atoms with Crippen molar-refractivity contribution in [3.8, 4) is 0 Å². The van der Waals surface area contributed by atoms with Crippen LogP contribution in [0.2, 0.25) is 0 Å². The summed E-state index contributed by atoms with van der Waals surface area (Å²) in [5, 5.41) is 2.98. The average Bonchev–Trinajstić information content (AvgIpc) is 2.75. The Bertz CT molecular complexity index is 509. The number of carbonyl (C=O) groups excluding carboxylic acids is 1. The molecular weight excluding hydrogens is 354 g/mol. The first-order valence-corrected chi connectivity index (χ1v) is 12.3. The van der Waals surface area contributed by atoms with Crippen molar-refractivity contribution >= 4 is 12.0 Å². The van der Waals surface area contributed by atoms with E-state index in [-0.39, 0.29) is 5.91 Å². The third-order valence-electron chi connectivity index (χ3n) is 5.56. The Morgan fingerprint density at radius 2 is 1.14 bits per heavy atom. The van der Waals surface area contributed by atoms with Crippen LogP contribution in [0.4, 0.5) is 0 Å². The van der Waals surface area contributed by atoms with Gasteiger partial charge < -0.3 is 5.32 Å². The fraction of sp³-hybridized carbons (Fsp3) is 0.667. The molecule has 0 radical (unpaired) electrons. The van der Waals surface area contributed by atoms with Crippen LogP contribution in [0.3, 0.4) is 0 Å². The number of hydrogen-bond acceptors (Lipinski definition) is 1. The van der Waals surface area contributed by atoms with Crippen molar-refractivity contribution in [2.24, 2.45) is 0 Å². The molecule has 1 rings (SSSR count). The Balaban J connectivity index is 1.78. The molecule has 1 amide bonds. The van der Waals surface area contributed by atoms with Gasteiger partial charge in [-0.3, -0.25) is 4.79 Å². The molecule has 1 aromatic carbocycles. The van der Waals surface area contributed by atoms with Crippen molar-refractivity contribution in [1.82, 2.24) is 5.32 Å². The molecule has 1 N–H and O–H groups in total. The first-order valence-electron chi connectivity index (χ1n) is 12.3. The van der Waals surface area contributed by atoms with Crippen molar-refractivity contribution in [2.45, 2.75) is 110 Å². The number of amides is 1. The summed E-state index contributed by atoms with van der Waals surface area (Å²) in [5.74, 6) is 0.00909. The van der Waals surface area contributed by atoms with E-state index in [2.05, 4.69) is 12.2 Å². The zero-order chi connectivity index (χ0) is 20.8. The summed E-state index contributed by atoms with van der Waals surface area (Å²) in [7, 11) is 0. The van der Waals surface area contributed by atoms with Gasteiger partial charge in [0.05, 0.1) is 0 Å². The molecule has 0 fully saturated rings. The number of unbranched alkanes of at least 4 members (excludes halogenated alkanes) is 15. The maximum absolute atomic E-state index is 11.8. The van der Waals surface area contributed by atoms with Crippen LogP contribution in [0.5, 0.6) is 0 Å². The minimum Gasteiger partial charge on any atom is -0.353 e. The highest BCUT2D eigenvalue weighted by atomic mass is 16.1. The second-order valence-corrected chi connectivity index (χ2v) is 8.34. The summed E-state index contributed by atoms with van der Waals surface area (Å²) >= 11 is 0. The second-order valence-electron chi connectivity index (χ2n) is 8.34. The van der Waals surface area contributed by atoms with E-state index < -0.39 is 0 Å². The average molecular weight is 400 g/mol. The van der Waals surface area contributed by atoms with Crippen molar-refractivity contribution in [1.29, 1.82) is 0 Å². The van der Waals surface area contributed by atoms with E-state index >= 15 is 0 Å². The van der Waals surface area contributed by atoms with Gasteiger partial charge in [0, 0.05) is 12.6 Å². The highest BCUT2D eigenvalue weighted by Crippen LogP contribution is 2.13. The Hall–Kier alpha value is -1.57. The number of carbonyl (C=O) groups is 1. The Kier molecular flexibility index (Phi) is 17.3. The Morgan fingerprint density at radius 3 is 1.62 bits per heavy atom. The largest absolute Gasteiger partial charge is 0.353 e. The summed E-state index contributed by atoms with van der Waals surface area (Å²) in [6.07, 6.45) is 25.5. The maximum atomic E-state index is 11.8. The predicted octanol–water partition coefficient (Wildman–Crippen LogP) is 8.08. The number of rotatable bonds is 19. The van der Waals surface area contributed by atoms with Crippen LogP contribution in [0.25, 0.3) is 6.08 Å². The molecular formula is C27H45NO. The van der Waals surface area contributed by atoms with Crippen LogP contribution in [-0.4, -0.2) is 12.5 Å². The molecule has 29 heavy (non-hydrogen) atoms. The summed E-state index contributed by atoms with van der Waals surface area (Å²) in [5.41, 5.74) is 1.06. The van der Waals surface area contributed by atoms with Gasteiger partial charge in [0.2, 0.25) is 5.91 Å². The highest BCUT2D eigenvalue weighted by Gasteiger charge is 1.96. The van der Waals surface area contributed by atoms with Gasteiger partial charge >= 0.3 is 0 Å². The third-order valence-corrected chi connectivity index (χ3v) is 5.56. The lowest BCUT2D eigenvalue weighted by Gasteiger charge is -2.04. The zero-order valence-corrected chi connectivity index (χ0v) is 19.0. The molecule has 2 nitrogen and oxygen atoms in total. The van der Waals surface area contributed by atoms with Gasteiger partial charge in [0.25, 0.3) is 0 Å². The summed E-state index contributed by atoms with van der Waals surface area (Å²) in [6, 6.07) is 9.94. The van der Waals surface area contributed by atoms with Gasteiger partial charge in [-0.2, -0.15) is 0 Å². The molecule has 0 bridgehead atoms. The maximum Gasteiger partial charge on any atom is 0.243 e. The standard InChI is InChI=1S/C27H45NO/c1-2-3-4-5-6-7-8-9-10-11-12-13-14-15-16-20-25-28-27(29)24-23-26-21-18-17-19-22-26/h17-19,21-24H,2-16,20,25H2,1H3,(H,28,29). The lowest BCUT2D eigenvalue weighted by molar-refractivity contribution is -0.116. The molecule has 0 saturated carbocycles. The molecule has 0 atom stereocenters. The van der Waals surface area contributed by atoms with Gasteiger partial charge in [-0.25, -0.2) is 0 Å². The van der Waals surface area contributed by atoms with Crippen LogP contribution < -0.4 is 5.32 Å². The van der Waals surface area contributed by atoms with Gasteiger partial charge in [0.1, 0.15) is 0 Å². The van der Waals surface area contributed by atoms with E-state index in [0.29, 0.717) is 0 Å². The SMILES string of the molecule is CCCCCCCCCCCCCCCCCCNC(=O)C=Cc1ccccc1. The molecule has 0 aliphatic carbocycles. The number of benzene rings is 1. The van der Waals surface area contributed by atoms with Crippen LogP contribution in [0.15, 0.2) is 36.4 Å². The van der Waals surface area contributed by atoms with Crippen molar-refractivity contribution in [3.63, 3.8) is 0 Å². The first kappa shape index (κ1) is 25.5. The quantitative estimate of drug-likeness (QED) is 0.185. The monoisotopic (exact) mass is 399 g/mol. The molecule has 0 aliphatic rings. The molecule has 0 spiro atoms. The van der Waals surface area contributed by atoms with Gasteiger partial charge in [-0.1, -0.05) is 134 Å². The van der Waals surface area contributed by atoms with Crippen molar-refractivity contribution < 1.29 is 4.79 Å².